The minimum Gasteiger partial charge on any atom is -0.490 e. The maximum absolute atomic E-state index is 11.9. The molecule has 2 aliphatic carbocycles. The van der Waals surface area contributed by atoms with Crippen LogP contribution in [0.2, 0.25) is 0 Å². The monoisotopic (exact) mass is 626 g/mol. The minimum atomic E-state index is -0.433. The molecule has 0 atom stereocenters. The van der Waals surface area contributed by atoms with Crippen LogP contribution < -0.4 is 9.47 Å². The second-order valence-electron chi connectivity index (χ2n) is 13.2. The highest BCUT2D eigenvalue weighted by molar-refractivity contribution is 5.87. The molecule has 0 heterocycles. The summed E-state index contributed by atoms with van der Waals surface area (Å²) in [6, 6.07) is 4.11. The third-order valence-electron chi connectivity index (χ3n) is 9.63. The highest BCUT2D eigenvalue weighted by Gasteiger charge is 2.32. The van der Waals surface area contributed by atoms with Crippen molar-refractivity contribution in [2.75, 3.05) is 33.0 Å². The molecule has 0 amide bonds. The molecular formula is C38H58O7. The summed E-state index contributed by atoms with van der Waals surface area (Å²) in [4.78, 5) is 23.7. The number of rotatable bonds is 19. The lowest BCUT2D eigenvalue weighted by Gasteiger charge is -2.38. The van der Waals surface area contributed by atoms with Gasteiger partial charge in [0.1, 0.15) is 37.9 Å². The fourth-order valence-electron chi connectivity index (χ4n) is 7.01. The van der Waals surface area contributed by atoms with Crippen molar-refractivity contribution < 1.29 is 33.6 Å². The van der Waals surface area contributed by atoms with Gasteiger partial charge in [0.2, 0.25) is 0 Å². The van der Waals surface area contributed by atoms with E-state index in [2.05, 4.69) is 26.1 Å². The van der Waals surface area contributed by atoms with Gasteiger partial charge in [0.15, 0.2) is 0 Å². The van der Waals surface area contributed by atoms with Gasteiger partial charge in [0.25, 0.3) is 0 Å². The van der Waals surface area contributed by atoms with E-state index in [0.29, 0.717) is 29.9 Å². The molecule has 0 unspecified atom stereocenters. The SMILES string of the molecule is C=C(C)C(=O)OCCOc1cc(C2CCC(C3CCC(CCCCC)CC3)CC2)c(OCCOC(=O)C(=C)C)cc1CCCO. The van der Waals surface area contributed by atoms with E-state index in [-0.39, 0.29) is 33.0 Å². The van der Waals surface area contributed by atoms with Crippen molar-refractivity contribution in [2.24, 2.45) is 17.8 Å². The molecule has 7 heteroatoms. The van der Waals surface area contributed by atoms with Gasteiger partial charge in [-0.1, -0.05) is 58.6 Å². The third kappa shape index (κ3) is 12.1. The summed E-state index contributed by atoms with van der Waals surface area (Å²) >= 11 is 0. The number of ether oxygens (including phenoxy) is 4. The molecule has 2 saturated carbocycles. The van der Waals surface area contributed by atoms with E-state index < -0.39 is 11.9 Å². The van der Waals surface area contributed by atoms with Crippen molar-refractivity contribution in [3.63, 3.8) is 0 Å². The van der Waals surface area contributed by atoms with Gasteiger partial charge in [0, 0.05) is 23.3 Å². The smallest absolute Gasteiger partial charge is 0.333 e. The Balaban J connectivity index is 1.70. The zero-order chi connectivity index (χ0) is 32.6. The van der Waals surface area contributed by atoms with Gasteiger partial charge in [-0.05, 0) is 107 Å². The van der Waals surface area contributed by atoms with Crippen LogP contribution in [0.3, 0.4) is 0 Å². The number of hydrogen-bond acceptors (Lipinski definition) is 7. The number of carbonyl (C=O) groups is 2. The van der Waals surface area contributed by atoms with Crippen molar-refractivity contribution in [3.05, 3.63) is 47.6 Å². The first-order valence-electron chi connectivity index (χ1n) is 17.4. The number of hydrogen-bond donors (Lipinski definition) is 1. The van der Waals surface area contributed by atoms with Gasteiger partial charge in [-0.2, -0.15) is 0 Å². The second-order valence-corrected chi connectivity index (χ2v) is 13.2. The van der Waals surface area contributed by atoms with Crippen LogP contribution in [0.15, 0.2) is 36.4 Å². The molecule has 1 aromatic rings. The van der Waals surface area contributed by atoms with Crippen LogP contribution in [0.1, 0.15) is 121 Å². The lowest BCUT2D eigenvalue weighted by molar-refractivity contribution is -0.140. The summed E-state index contributed by atoms with van der Waals surface area (Å²) in [5.74, 6) is 3.59. The summed E-state index contributed by atoms with van der Waals surface area (Å²) in [5.41, 5.74) is 2.75. The molecule has 45 heavy (non-hydrogen) atoms. The largest absolute Gasteiger partial charge is 0.490 e. The molecule has 1 aromatic carbocycles. The van der Waals surface area contributed by atoms with Gasteiger partial charge in [-0.25, -0.2) is 9.59 Å². The van der Waals surface area contributed by atoms with Crippen LogP contribution in [0.4, 0.5) is 0 Å². The van der Waals surface area contributed by atoms with Crippen LogP contribution in [0.25, 0.3) is 0 Å². The third-order valence-corrected chi connectivity index (χ3v) is 9.63. The molecule has 0 bridgehead atoms. The topological polar surface area (TPSA) is 91.3 Å². The van der Waals surface area contributed by atoms with Gasteiger partial charge in [-0.3, -0.25) is 0 Å². The molecule has 0 spiro atoms. The number of aryl methyl sites for hydroxylation is 1. The van der Waals surface area contributed by atoms with Crippen LogP contribution in [-0.4, -0.2) is 50.1 Å². The number of aliphatic hydroxyl groups excluding tert-OH is 1. The van der Waals surface area contributed by atoms with Crippen molar-refractivity contribution in [1.29, 1.82) is 0 Å². The summed E-state index contributed by atoms with van der Waals surface area (Å²) in [6.45, 7) is 13.6. The Hall–Kier alpha value is -2.80. The average Bonchev–Trinajstić information content (AvgIpc) is 3.04. The average molecular weight is 627 g/mol. The van der Waals surface area contributed by atoms with Crippen molar-refractivity contribution in [3.8, 4) is 11.5 Å². The second kappa shape index (κ2) is 19.7. The molecule has 7 nitrogen and oxygen atoms in total. The molecule has 3 rings (SSSR count). The van der Waals surface area contributed by atoms with Gasteiger partial charge in [0.05, 0.1) is 0 Å². The lowest BCUT2D eigenvalue weighted by Crippen LogP contribution is -2.25. The Morgan fingerprint density at radius 1 is 0.756 bits per heavy atom. The Labute approximate surface area is 271 Å². The highest BCUT2D eigenvalue weighted by atomic mass is 16.6. The Kier molecular flexibility index (Phi) is 16.0. The molecule has 1 N–H and O–H groups in total. The maximum atomic E-state index is 11.9. The molecule has 0 aromatic heterocycles. The van der Waals surface area contributed by atoms with Crippen molar-refractivity contribution in [1.82, 2.24) is 0 Å². The van der Waals surface area contributed by atoms with Crippen LogP contribution >= 0.6 is 0 Å². The van der Waals surface area contributed by atoms with E-state index in [0.717, 1.165) is 53.2 Å². The minimum absolute atomic E-state index is 0.0646. The number of benzene rings is 1. The Morgan fingerprint density at radius 2 is 1.31 bits per heavy atom. The molecule has 0 radical (unpaired) electrons. The van der Waals surface area contributed by atoms with E-state index in [1.54, 1.807) is 13.8 Å². The van der Waals surface area contributed by atoms with Gasteiger partial charge in [-0.15, -0.1) is 0 Å². The van der Waals surface area contributed by atoms with Gasteiger partial charge >= 0.3 is 11.9 Å². The summed E-state index contributed by atoms with van der Waals surface area (Å²) < 4.78 is 23.0. The maximum Gasteiger partial charge on any atom is 0.333 e. The first-order valence-corrected chi connectivity index (χ1v) is 17.4. The zero-order valence-electron chi connectivity index (χ0n) is 28.2. The lowest BCUT2D eigenvalue weighted by atomic mass is 9.68. The van der Waals surface area contributed by atoms with Gasteiger partial charge < -0.3 is 24.1 Å². The fourth-order valence-corrected chi connectivity index (χ4v) is 7.01. The van der Waals surface area contributed by atoms with Crippen LogP contribution in [0.5, 0.6) is 11.5 Å². The number of esters is 2. The normalized spacial score (nSPS) is 21.5. The first-order chi connectivity index (χ1) is 21.7. The molecule has 252 valence electrons. The highest BCUT2D eigenvalue weighted by Crippen LogP contribution is 2.47. The van der Waals surface area contributed by atoms with E-state index >= 15 is 0 Å². The van der Waals surface area contributed by atoms with E-state index in [1.807, 2.05) is 6.07 Å². The Morgan fingerprint density at radius 3 is 1.84 bits per heavy atom. The van der Waals surface area contributed by atoms with Crippen molar-refractivity contribution >= 4 is 11.9 Å². The number of aliphatic hydroxyl groups is 1. The summed E-state index contributed by atoms with van der Waals surface area (Å²) in [5, 5.41) is 9.55. The van der Waals surface area contributed by atoms with Crippen molar-refractivity contribution in [2.45, 2.75) is 117 Å². The fraction of sp³-hybridized carbons (Fsp3) is 0.684. The quantitative estimate of drug-likeness (QED) is 0.0939. The summed E-state index contributed by atoms with van der Waals surface area (Å²) in [6.07, 6.45) is 16.9. The van der Waals surface area contributed by atoms with Crippen LogP contribution in [0, 0.1) is 17.8 Å². The predicted molar refractivity (Wildman–Crippen MR) is 179 cm³/mol. The molecule has 2 aliphatic rings. The van der Waals surface area contributed by atoms with E-state index in [1.165, 1.54) is 64.2 Å². The molecule has 0 saturated heterocycles. The standard InChI is InChI=1S/C38H58O7/c1-6-7-8-10-29-12-14-30(15-13-29)31-16-18-32(19-17-31)34-26-35(42-21-23-44-37(40)27(2)3)33(11-9-20-39)25-36(34)43-22-24-45-38(41)28(4)5/h25-26,29-32,39H,2,4,6-24H2,1,3,5H3. The molecule has 0 aliphatic heterocycles. The molecular weight excluding hydrogens is 568 g/mol. The van der Waals surface area contributed by atoms with E-state index in [4.69, 9.17) is 18.9 Å². The number of carbonyl (C=O) groups excluding carboxylic acids is 2. The van der Waals surface area contributed by atoms with E-state index in [9.17, 15) is 14.7 Å². The number of unbranched alkanes of at least 4 members (excludes halogenated alkanes) is 2. The van der Waals surface area contributed by atoms with Crippen LogP contribution in [-0.2, 0) is 25.5 Å². The first kappa shape index (κ1) is 36.7. The summed E-state index contributed by atoms with van der Waals surface area (Å²) in [7, 11) is 0. The zero-order valence-corrected chi connectivity index (χ0v) is 28.2. The Bertz CT molecular complexity index is 1090. The predicted octanol–water partition coefficient (Wildman–Crippen LogP) is 8.27. The molecule has 2 fully saturated rings.